The highest BCUT2D eigenvalue weighted by Crippen LogP contribution is 2.33. The van der Waals surface area contributed by atoms with Crippen LogP contribution in [0.3, 0.4) is 0 Å². The molecule has 1 atom stereocenters. The fourth-order valence-corrected chi connectivity index (χ4v) is 3.57. The molecule has 0 saturated carbocycles. The minimum Gasteiger partial charge on any atom is -0.330 e. The van der Waals surface area contributed by atoms with Crippen LogP contribution in [0.1, 0.15) is 46.2 Å². The summed E-state index contributed by atoms with van der Waals surface area (Å²) in [6.07, 6.45) is 2.99. The van der Waals surface area contributed by atoms with E-state index in [-0.39, 0.29) is 11.9 Å². The van der Waals surface area contributed by atoms with E-state index >= 15 is 0 Å². The van der Waals surface area contributed by atoms with Gasteiger partial charge in [0.15, 0.2) is 5.69 Å². The van der Waals surface area contributed by atoms with Gasteiger partial charge in [0.2, 0.25) is 0 Å². The van der Waals surface area contributed by atoms with Gasteiger partial charge in [-0.2, -0.15) is 5.10 Å². The van der Waals surface area contributed by atoms with Crippen LogP contribution in [0.5, 0.6) is 0 Å². The number of likely N-dealkylation sites (tertiary alicyclic amines) is 1. The monoisotopic (exact) mass is 296 g/mol. The predicted octanol–water partition coefficient (Wildman–Crippen LogP) is 2.03. The molecule has 1 unspecified atom stereocenters. The summed E-state index contributed by atoms with van der Waals surface area (Å²) >= 11 is 0. The molecule has 1 fully saturated rings. The molecule has 22 heavy (non-hydrogen) atoms. The fraction of sp³-hybridized carbons (Fsp3) is 0.412. The Bertz CT molecular complexity index is 679. The topological polar surface area (TPSA) is 61.0 Å². The number of amides is 1. The van der Waals surface area contributed by atoms with Crippen LogP contribution < -0.4 is 5.32 Å². The van der Waals surface area contributed by atoms with Crippen molar-refractivity contribution in [1.29, 1.82) is 0 Å². The summed E-state index contributed by atoms with van der Waals surface area (Å²) in [6.45, 7) is 2.49. The second-order valence-corrected chi connectivity index (χ2v) is 6.02. The maximum Gasteiger partial charge on any atom is 0.275 e. The molecule has 0 spiro atoms. The SMILES string of the molecule is O=C(c1n[nH]c2c1CNCC2)N1CCCC1c1ccccc1. The third kappa shape index (κ3) is 2.22. The zero-order valence-electron chi connectivity index (χ0n) is 12.5. The van der Waals surface area contributed by atoms with Gasteiger partial charge in [-0.25, -0.2) is 0 Å². The number of hydrogen-bond acceptors (Lipinski definition) is 3. The molecular weight excluding hydrogens is 276 g/mol. The molecule has 1 saturated heterocycles. The number of carbonyl (C=O) groups is 1. The minimum absolute atomic E-state index is 0.0625. The molecule has 0 aliphatic carbocycles. The number of rotatable bonds is 2. The number of carbonyl (C=O) groups excluding carboxylic acids is 1. The third-order valence-corrected chi connectivity index (χ3v) is 4.71. The molecule has 4 rings (SSSR count). The fourth-order valence-electron chi connectivity index (χ4n) is 3.57. The number of fused-ring (bicyclic) bond motifs is 1. The van der Waals surface area contributed by atoms with E-state index in [9.17, 15) is 4.79 Å². The highest BCUT2D eigenvalue weighted by Gasteiger charge is 2.33. The Morgan fingerprint density at radius 3 is 3.00 bits per heavy atom. The summed E-state index contributed by atoms with van der Waals surface area (Å²) in [7, 11) is 0. The van der Waals surface area contributed by atoms with Crippen LogP contribution in [-0.4, -0.2) is 34.1 Å². The maximum atomic E-state index is 13.0. The predicted molar refractivity (Wildman–Crippen MR) is 83.5 cm³/mol. The Labute approximate surface area is 129 Å². The summed E-state index contributed by atoms with van der Waals surface area (Å²) in [5.41, 5.74) is 3.98. The first-order valence-electron chi connectivity index (χ1n) is 7.97. The van der Waals surface area contributed by atoms with E-state index < -0.39 is 0 Å². The lowest BCUT2D eigenvalue weighted by atomic mass is 10.0. The van der Waals surface area contributed by atoms with Crippen molar-refractivity contribution in [3.05, 3.63) is 52.8 Å². The number of aromatic nitrogens is 2. The molecule has 0 bridgehead atoms. The normalized spacial score (nSPS) is 20.9. The quantitative estimate of drug-likeness (QED) is 0.891. The average molecular weight is 296 g/mol. The van der Waals surface area contributed by atoms with Crippen molar-refractivity contribution in [2.24, 2.45) is 0 Å². The Kier molecular flexibility index (Phi) is 3.42. The molecule has 1 amide bonds. The van der Waals surface area contributed by atoms with Crippen molar-refractivity contribution in [2.45, 2.75) is 31.8 Å². The summed E-state index contributed by atoms with van der Waals surface area (Å²) in [5, 5.41) is 10.7. The maximum absolute atomic E-state index is 13.0. The van der Waals surface area contributed by atoms with Gasteiger partial charge in [-0.05, 0) is 18.4 Å². The number of hydrogen-bond donors (Lipinski definition) is 2. The molecule has 3 heterocycles. The van der Waals surface area contributed by atoms with E-state index in [0.717, 1.165) is 50.2 Å². The van der Waals surface area contributed by atoms with Gasteiger partial charge in [0.1, 0.15) is 0 Å². The molecule has 1 aromatic heterocycles. The van der Waals surface area contributed by atoms with Crippen molar-refractivity contribution in [3.63, 3.8) is 0 Å². The number of H-pyrrole nitrogens is 1. The summed E-state index contributed by atoms with van der Waals surface area (Å²) < 4.78 is 0. The largest absolute Gasteiger partial charge is 0.330 e. The molecule has 5 heteroatoms. The Morgan fingerprint density at radius 2 is 2.14 bits per heavy atom. The molecule has 114 valence electrons. The van der Waals surface area contributed by atoms with Crippen molar-refractivity contribution in [3.8, 4) is 0 Å². The first kappa shape index (κ1) is 13.5. The molecule has 5 nitrogen and oxygen atoms in total. The lowest BCUT2D eigenvalue weighted by Crippen LogP contribution is -2.32. The second kappa shape index (κ2) is 5.57. The molecule has 2 N–H and O–H groups in total. The molecular formula is C17H20N4O. The van der Waals surface area contributed by atoms with Gasteiger partial charge < -0.3 is 10.2 Å². The summed E-state index contributed by atoms with van der Waals surface area (Å²) in [5.74, 6) is 0.0625. The highest BCUT2D eigenvalue weighted by molar-refractivity contribution is 5.94. The first-order valence-corrected chi connectivity index (χ1v) is 7.97. The molecule has 2 aromatic rings. The standard InChI is InChI=1S/C17H20N4O/c22-17(16-13-11-18-9-8-14(13)19-20-16)21-10-4-7-15(21)12-5-2-1-3-6-12/h1-3,5-6,15,18H,4,7-11H2,(H,19,20). The van der Waals surface area contributed by atoms with Crippen LogP contribution in [0.2, 0.25) is 0 Å². The van der Waals surface area contributed by atoms with E-state index in [2.05, 4.69) is 27.6 Å². The zero-order valence-corrected chi connectivity index (χ0v) is 12.5. The van der Waals surface area contributed by atoms with E-state index in [1.54, 1.807) is 0 Å². The Balaban J connectivity index is 1.63. The smallest absolute Gasteiger partial charge is 0.275 e. The molecule has 2 aliphatic rings. The lowest BCUT2D eigenvalue weighted by Gasteiger charge is -2.25. The molecule has 2 aliphatic heterocycles. The molecule has 0 radical (unpaired) electrons. The van der Waals surface area contributed by atoms with E-state index in [1.165, 1.54) is 5.56 Å². The van der Waals surface area contributed by atoms with Crippen LogP contribution >= 0.6 is 0 Å². The van der Waals surface area contributed by atoms with Gasteiger partial charge >= 0.3 is 0 Å². The van der Waals surface area contributed by atoms with Crippen LogP contribution in [0.15, 0.2) is 30.3 Å². The minimum atomic E-state index is 0.0625. The van der Waals surface area contributed by atoms with Crippen LogP contribution in [-0.2, 0) is 13.0 Å². The average Bonchev–Trinajstić information content (AvgIpc) is 3.22. The van der Waals surface area contributed by atoms with Gasteiger partial charge in [-0.1, -0.05) is 30.3 Å². The highest BCUT2D eigenvalue weighted by atomic mass is 16.2. The molecule has 1 aromatic carbocycles. The Morgan fingerprint density at radius 1 is 1.27 bits per heavy atom. The third-order valence-electron chi connectivity index (χ3n) is 4.71. The van der Waals surface area contributed by atoms with Gasteiger partial charge in [0.25, 0.3) is 5.91 Å². The number of nitrogens with zero attached hydrogens (tertiary/aromatic N) is 2. The van der Waals surface area contributed by atoms with E-state index in [4.69, 9.17) is 0 Å². The van der Waals surface area contributed by atoms with Crippen molar-refractivity contribution < 1.29 is 4.79 Å². The Hall–Kier alpha value is -2.14. The lowest BCUT2D eigenvalue weighted by molar-refractivity contribution is 0.0728. The van der Waals surface area contributed by atoms with Gasteiger partial charge in [0, 0.05) is 37.3 Å². The summed E-state index contributed by atoms with van der Waals surface area (Å²) in [6, 6.07) is 10.5. The summed E-state index contributed by atoms with van der Waals surface area (Å²) in [4.78, 5) is 15.0. The van der Waals surface area contributed by atoms with Crippen molar-refractivity contribution >= 4 is 5.91 Å². The first-order chi connectivity index (χ1) is 10.8. The van der Waals surface area contributed by atoms with Crippen LogP contribution in [0, 0.1) is 0 Å². The van der Waals surface area contributed by atoms with Gasteiger partial charge in [0.05, 0.1) is 6.04 Å². The van der Waals surface area contributed by atoms with E-state index in [1.807, 2.05) is 23.1 Å². The zero-order chi connectivity index (χ0) is 14.9. The number of nitrogens with one attached hydrogen (secondary N) is 2. The van der Waals surface area contributed by atoms with Gasteiger partial charge in [-0.3, -0.25) is 9.89 Å². The van der Waals surface area contributed by atoms with Crippen LogP contribution in [0.25, 0.3) is 0 Å². The second-order valence-electron chi connectivity index (χ2n) is 6.02. The number of aromatic amines is 1. The van der Waals surface area contributed by atoms with Crippen molar-refractivity contribution in [1.82, 2.24) is 20.4 Å². The van der Waals surface area contributed by atoms with E-state index in [0.29, 0.717) is 5.69 Å². The van der Waals surface area contributed by atoms with Crippen LogP contribution in [0.4, 0.5) is 0 Å². The van der Waals surface area contributed by atoms with Gasteiger partial charge in [-0.15, -0.1) is 0 Å². The number of benzene rings is 1. The van der Waals surface area contributed by atoms with Crippen molar-refractivity contribution in [2.75, 3.05) is 13.1 Å².